The summed E-state index contributed by atoms with van der Waals surface area (Å²) in [6.07, 6.45) is 6.84. The van der Waals surface area contributed by atoms with Crippen LogP contribution >= 0.6 is 0 Å². The smallest absolute Gasteiger partial charge is 0.261 e. The lowest BCUT2D eigenvalue weighted by atomic mass is 10.00. The lowest BCUT2D eigenvalue weighted by Gasteiger charge is -2.16. The predicted octanol–water partition coefficient (Wildman–Crippen LogP) is 2.34. The fourth-order valence-corrected chi connectivity index (χ4v) is 3.17. The Kier molecular flexibility index (Phi) is 3.83. The molecule has 1 aliphatic rings. The molecule has 2 aromatic rings. The highest BCUT2D eigenvalue weighted by molar-refractivity contribution is 5.76. The standard InChI is InChI=1S/C16H20N2O2/c19-13(9-12-5-1-2-6-12)10-18-11-17-15-8-4-3-7-14(15)16(18)20/h3-4,7-8,11-13,19H,1-2,5-6,9-10H2/t13-/m0/s1. The lowest BCUT2D eigenvalue weighted by Crippen LogP contribution is -2.28. The van der Waals surface area contributed by atoms with Crippen LogP contribution in [0.25, 0.3) is 10.9 Å². The Morgan fingerprint density at radius 3 is 2.85 bits per heavy atom. The third-order valence-corrected chi connectivity index (χ3v) is 4.22. The van der Waals surface area contributed by atoms with Crippen LogP contribution in [0.1, 0.15) is 32.1 Å². The van der Waals surface area contributed by atoms with E-state index in [4.69, 9.17) is 0 Å². The summed E-state index contributed by atoms with van der Waals surface area (Å²) in [6, 6.07) is 7.32. The monoisotopic (exact) mass is 272 g/mol. The van der Waals surface area contributed by atoms with E-state index in [-0.39, 0.29) is 5.56 Å². The Hall–Kier alpha value is -1.68. The van der Waals surface area contributed by atoms with Crippen molar-refractivity contribution in [2.75, 3.05) is 0 Å². The normalized spacial score (nSPS) is 17.6. The van der Waals surface area contributed by atoms with Crippen molar-refractivity contribution in [1.29, 1.82) is 0 Å². The minimum Gasteiger partial charge on any atom is -0.391 e. The molecule has 1 fully saturated rings. The quantitative estimate of drug-likeness (QED) is 0.929. The highest BCUT2D eigenvalue weighted by Crippen LogP contribution is 2.28. The summed E-state index contributed by atoms with van der Waals surface area (Å²) in [5, 5.41) is 10.8. The van der Waals surface area contributed by atoms with Gasteiger partial charge < -0.3 is 5.11 Å². The number of aliphatic hydroxyl groups is 1. The Morgan fingerprint density at radius 2 is 2.05 bits per heavy atom. The number of nitrogens with zero attached hydrogens (tertiary/aromatic N) is 2. The number of aliphatic hydroxyl groups excluding tert-OH is 1. The van der Waals surface area contributed by atoms with Gasteiger partial charge in [-0.25, -0.2) is 4.98 Å². The largest absolute Gasteiger partial charge is 0.391 e. The van der Waals surface area contributed by atoms with Crippen molar-refractivity contribution >= 4 is 10.9 Å². The number of rotatable bonds is 4. The first-order valence-corrected chi connectivity index (χ1v) is 7.36. The molecular formula is C16H20N2O2. The van der Waals surface area contributed by atoms with Crippen LogP contribution in [0.15, 0.2) is 35.4 Å². The van der Waals surface area contributed by atoms with Crippen LogP contribution in [-0.2, 0) is 6.54 Å². The van der Waals surface area contributed by atoms with Gasteiger partial charge >= 0.3 is 0 Å². The molecule has 1 N–H and O–H groups in total. The van der Waals surface area contributed by atoms with E-state index in [1.807, 2.05) is 18.2 Å². The minimum absolute atomic E-state index is 0.0685. The predicted molar refractivity (Wildman–Crippen MR) is 78.6 cm³/mol. The Bertz CT molecular complexity index is 644. The van der Waals surface area contributed by atoms with Gasteiger partial charge in [0, 0.05) is 0 Å². The van der Waals surface area contributed by atoms with Gasteiger partial charge in [-0.3, -0.25) is 9.36 Å². The molecule has 1 saturated carbocycles. The van der Waals surface area contributed by atoms with Crippen molar-refractivity contribution in [2.45, 2.75) is 44.8 Å². The van der Waals surface area contributed by atoms with Gasteiger partial charge in [-0.1, -0.05) is 37.8 Å². The van der Waals surface area contributed by atoms with Crippen LogP contribution in [0.2, 0.25) is 0 Å². The highest BCUT2D eigenvalue weighted by Gasteiger charge is 2.19. The number of fused-ring (bicyclic) bond motifs is 1. The van der Waals surface area contributed by atoms with Crippen LogP contribution in [0.5, 0.6) is 0 Å². The molecule has 3 rings (SSSR count). The fraction of sp³-hybridized carbons (Fsp3) is 0.500. The zero-order chi connectivity index (χ0) is 13.9. The van der Waals surface area contributed by atoms with Crippen LogP contribution in [0.4, 0.5) is 0 Å². The second-order valence-electron chi connectivity index (χ2n) is 5.76. The van der Waals surface area contributed by atoms with Crippen molar-refractivity contribution in [1.82, 2.24) is 9.55 Å². The summed E-state index contributed by atoms with van der Waals surface area (Å²) < 4.78 is 1.53. The molecule has 0 unspecified atom stereocenters. The maximum absolute atomic E-state index is 12.3. The van der Waals surface area contributed by atoms with E-state index in [1.54, 1.807) is 12.4 Å². The van der Waals surface area contributed by atoms with E-state index in [1.165, 1.54) is 30.3 Å². The molecule has 1 heterocycles. The van der Waals surface area contributed by atoms with Crippen LogP contribution in [0, 0.1) is 5.92 Å². The lowest BCUT2D eigenvalue weighted by molar-refractivity contribution is 0.123. The highest BCUT2D eigenvalue weighted by atomic mass is 16.3. The van der Waals surface area contributed by atoms with Crippen LogP contribution in [-0.4, -0.2) is 20.8 Å². The molecule has 0 spiro atoms. The Morgan fingerprint density at radius 1 is 1.30 bits per heavy atom. The summed E-state index contributed by atoms with van der Waals surface area (Å²) in [5.74, 6) is 0.620. The maximum Gasteiger partial charge on any atom is 0.261 e. The van der Waals surface area contributed by atoms with Crippen molar-refractivity contribution in [3.8, 4) is 0 Å². The molecule has 0 aliphatic heterocycles. The van der Waals surface area contributed by atoms with Gasteiger partial charge in [-0.05, 0) is 24.5 Å². The first kappa shape index (κ1) is 13.3. The van der Waals surface area contributed by atoms with Crippen molar-refractivity contribution in [2.24, 2.45) is 5.92 Å². The molecule has 0 bridgehead atoms. The fourth-order valence-electron chi connectivity index (χ4n) is 3.17. The Labute approximate surface area is 118 Å². The second kappa shape index (κ2) is 5.75. The maximum atomic E-state index is 12.3. The summed E-state index contributed by atoms with van der Waals surface area (Å²) in [7, 11) is 0. The average molecular weight is 272 g/mol. The van der Waals surface area contributed by atoms with Crippen molar-refractivity contribution < 1.29 is 5.11 Å². The Balaban J connectivity index is 1.76. The van der Waals surface area contributed by atoms with Gasteiger partial charge in [0.1, 0.15) is 0 Å². The molecule has 4 heteroatoms. The van der Waals surface area contributed by atoms with Crippen molar-refractivity contribution in [3.63, 3.8) is 0 Å². The number of para-hydroxylation sites is 1. The van der Waals surface area contributed by atoms with Gasteiger partial charge in [0.2, 0.25) is 0 Å². The van der Waals surface area contributed by atoms with E-state index in [9.17, 15) is 9.90 Å². The van der Waals surface area contributed by atoms with Gasteiger partial charge in [-0.15, -0.1) is 0 Å². The van der Waals surface area contributed by atoms with Gasteiger partial charge in [-0.2, -0.15) is 0 Å². The average Bonchev–Trinajstić information content (AvgIpc) is 2.95. The van der Waals surface area contributed by atoms with Crippen LogP contribution in [0.3, 0.4) is 0 Å². The first-order chi connectivity index (χ1) is 9.74. The summed E-state index contributed by atoms with van der Waals surface area (Å²) in [6.45, 7) is 0.340. The SMILES string of the molecule is O=c1c2ccccc2ncn1C[C@@H](O)CC1CCCC1. The number of benzene rings is 1. The minimum atomic E-state index is -0.459. The zero-order valence-corrected chi connectivity index (χ0v) is 11.5. The summed E-state index contributed by atoms with van der Waals surface area (Å²) in [4.78, 5) is 16.6. The summed E-state index contributed by atoms with van der Waals surface area (Å²) in [5.41, 5.74) is 0.639. The molecule has 0 amide bonds. The molecule has 20 heavy (non-hydrogen) atoms. The van der Waals surface area contributed by atoms with E-state index >= 15 is 0 Å². The van der Waals surface area contributed by atoms with Gasteiger partial charge in [0.25, 0.3) is 5.56 Å². The molecule has 1 aromatic heterocycles. The molecule has 0 radical (unpaired) electrons. The van der Waals surface area contributed by atoms with E-state index in [0.29, 0.717) is 23.4 Å². The topological polar surface area (TPSA) is 55.1 Å². The van der Waals surface area contributed by atoms with Gasteiger partial charge in [0.05, 0.1) is 29.9 Å². The number of hydrogen-bond donors (Lipinski definition) is 1. The van der Waals surface area contributed by atoms with E-state index in [0.717, 1.165) is 6.42 Å². The molecule has 1 aromatic carbocycles. The molecule has 4 nitrogen and oxygen atoms in total. The molecule has 1 atom stereocenters. The second-order valence-corrected chi connectivity index (χ2v) is 5.76. The third kappa shape index (κ3) is 2.75. The van der Waals surface area contributed by atoms with E-state index in [2.05, 4.69) is 4.98 Å². The van der Waals surface area contributed by atoms with Gasteiger partial charge in [0.15, 0.2) is 0 Å². The zero-order valence-electron chi connectivity index (χ0n) is 11.5. The van der Waals surface area contributed by atoms with E-state index < -0.39 is 6.10 Å². The number of aromatic nitrogens is 2. The summed E-state index contributed by atoms with van der Waals surface area (Å²) >= 11 is 0. The molecular weight excluding hydrogens is 252 g/mol. The molecule has 0 saturated heterocycles. The third-order valence-electron chi connectivity index (χ3n) is 4.22. The molecule has 106 valence electrons. The van der Waals surface area contributed by atoms with Crippen molar-refractivity contribution in [3.05, 3.63) is 40.9 Å². The molecule has 1 aliphatic carbocycles. The number of hydrogen-bond acceptors (Lipinski definition) is 3. The van der Waals surface area contributed by atoms with Crippen LogP contribution < -0.4 is 5.56 Å². The first-order valence-electron chi connectivity index (χ1n) is 7.36.